The standard InChI is InChI=1S/C28H34N2O5/c1-18(27(32)33)30-26(31)20(15-19-9-3-2-4-10-19)16-29-28(34)35-17-25-23-13-7-5-11-21(23)22-12-6-8-14-24(22)25/h5-8,11-14,18-20,25H,2-4,9-10,15-17H2,1H3,(H,29,34)(H,30,31)(H,32,33)/t18-,20?/m0/s1. The Morgan fingerprint density at radius 3 is 2.17 bits per heavy atom. The lowest BCUT2D eigenvalue weighted by Crippen LogP contribution is -2.45. The molecule has 2 atom stereocenters. The molecule has 1 unspecified atom stereocenters. The van der Waals surface area contributed by atoms with Crippen molar-refractivity contribution in [3.63, 3.8) is 0 Å². The molecule has 186 valence electrons. The normalized spacial score (nSPS) is 17.1. The largest absolute Gasteiger partial charge is 0.480 e. The smallest absolute Gasteiger partial charge is 0.407 e. The van der Waals surface area contributed by atoms with Crippen LogP contribution in [0.15, 0.2) is 48.5 Å². The maximum absolute atomic E-state index is 12.8. The third kappa shape index (κ3) is 6.02. The number of aliphatic carboxylic acids is 1. The predicted octanol–water partition coefficient (Wildman–Crippen LogP) is 4.70. The summed E-state index contributed by atoms with van der Waals surface area (Å²) in [7, 11) is 0. The molecule has 0 spiro atoms. The Kier molecular flexibility index (Phi) is 8.06. The summed E-state index contributed by atoms with van der Waals surface area (Å²) in [6, 6.07) is 15.3. The summed E-state index contributed by atoms with van der Waals surface area (Å²) in [6.07, 6.45) is 5.67. The van der Waals surface area contributed by atoms with Crippen LogP contribution in [0.2, 0.25) is 0 Å². The van der Waals surface area contributed by atoms with Gasteiger partial charge in [0.1, 0.15) is 12.6 Å². The van der Waals surface area contributed by atoms with E-state index in [2.05, 4.69) is 34.9 Å². The number of carbonyl (C=O) groups excluding carboxylic acids is 2. The molecule has 0 aliphatic heterocycles. The second-order valence-electron chi connectivity index (χ2n) is 9.71. The van der Waals surface area contributed by atoms with E-state index in [1.165, 1.54) is 13.3 Å². The van der Waals surface area contributed by atoms with E-state index in [1.807, 2.05) is 24.3 Å². The summed E-state index contributed by atoms with van der Waals surface area (Å²) in [5.74, 6) is -1.56. The number of hydrogen-bond donors (Lipinski definition) is 3. The van der Waals surface area contributed by atoms with Crippen molar-refractivity contribution in [1.29, 1.82) is 0 Å². The van der Waals surface area contributed by atoms with Crippen LogP contribution in [0.5, 0.6) is 0 Å². The number of ether oxygens (including phenoxy) is 1. The molecule has 0 aromatic heterocycles. The van der Waals surface area contributed by atoms with E-state index in [9.17, 15) is 14.4 Å². The number of hydrogen-bond acceptors (Lipinski definition) is 4. The number of fused-ring (bicyclic) bond motifs is 3. The fourth-order valence-electron chi connectivity index (χ4n) is 5.36. The Hall–Kier alpha value is -3.35. The van der Waals surface area contributed by atoms with Gasteiger partial charge in [-0.15, -0.1) is 0 Å². The summed E-state index contributed by atoms with van der Waals surface area (Å²) in [4.78, 5) is 36.6. The van der Waals surface area contributed by atoms with Crippen molar-refractivity contribution in [3.8, 4) is 11.1 Å². The van der Waals surface area contributed by atoms with E-state index in [0.717, 1.165) is 47.9 Å². The van der Waals surface area contributed by atoms with Crippen molar-refractivity contribution in [1.82, 2.24) is 10.6 Å². The fourth-order valence-corrected chi connectivity index (χ4v) is 5.36. The van der Waals surface area contributed by atoms with Crippen molar-refractivity contribution >= 4 is 18.0 Å². The van der Waals surface area contributed by atoms with Gasteiger partial charge in [0.05, 0.1) is 5.92 Å². The number of alkyl carbamates (subject to hydrolysis) is 1. The van der Waals surface area contributed by atoms with Gasteiger partial charge in [-0.1, -0.05) is 80.6 Å². The maximum Gasteiger partial charge on any atom is 0.407 e. The Bertz CT molecular complexity index is 1020. The van der Waals surface area contributed by atoms with E-state index in [0.29, 0.717) is 12.3 Å². The Balaban J connectivity index is 1.36. The van der Waals surface area contributed by atoms with Gasteiger partial charge in [-0.2, -0.15) is 0 Å². The van der Waals surface area contributed by atoms with Crippen molar-refractivity contribution in [3.05, 3.63) is 59.7 Å². The lowest BCUT2D eigenvalue weighted by atomic mass is 9.82. The van der Waals surface area contributed by atoms with Crippen molar-refractivity contribution in [2.24, 2.45) is 11.8 Å². The number of carboxylic acid groups (broad SMARTS) is 1. The Morgan fingerprint density at radius 1 is 0.971 bits per heavy atom. The van der Waals surface area contributed by atoms with Gasteiger partial charge in [0, 0.05) is 12.5 Å². The molecule has 4 rings (SSSR count). The first-order chi connectivity index (χ1) is 16.9. The van der Waals surface area contributed by atoms with Crippen LogP contribution >= 0.6 is 0 Å². The minimum atomic E-state index is -1.08. The maximum atomic E-state index is 12.8. The van der Waals surface area contributed by atoms with Gasteiger partial charge < -0.3 is 20.5 Å². The highest BCUT2D eigenvalue weighted by atomic mass is 16.5. The zero-order chi connectivity index (χ0) is 24.8. The molecule has 2 amide bonds. The SMILES string of the molecule is C[C@H](NC(=O)C(CNC(=O)OCC1c2ccccc2-c2ccccc21)CC1CCCCC1)C(=O)O. The molecule has 0 saturated heterocycles. The average Bonchev–Trinajstić information content (AvgIpc) is 3.19. The van der Waals surface area contributed by atoms with Gasteiger partial charge in [0.25, 0.3) is 0 Å². The zero-order valence-corrected chi connectivity index (χ0v) is 20.2. The second kappa shape index (κ2) is 11.4. The minimum absolute atomic E-state index is 0.0362. The highest BCUT2D eigenvalue weighted by molar-refractivity contribution is 5.85. The van der Waals surface area contributed by atoms with Crippen LogP contribution in [0, 0.1) is 11.8 Å². The van der Waals surface area contributed by atoms with Crippen LogP contribution in [0.3, 0.4) is 0 Å². The average molecular weight is 479 g/mol. The highest BCUT2D eigenvalue weighted by Gasteiger charge is 2.30. The summed E-state index contributed by atoms with van der Waals surface area (Å²) in [5, 5.41) is 14.5. The van der Waals surface area contributed by atoms with Crippen LogP contribution in [-0.4, -0.2) is 42.3 Å². The summed E-state index contributed by atoms with van der Waals surface area (Å²) >= 11 is 0. The third-order valence-electron chi connectivity index (χ3n) is 7.28. The zero-order valence-electron chi connectivity index (χ0n) is 20.2. The molecule has 2 aliphatic carbocycles. The number of carbonyl (C=O) groups is 3. The molecule has 0 radical (unpaired) electrons. The van der Waals surface area contributed by atoms with Gasteiger partial charge >= 0.3 is 12.1 Å². The van der Waals surface area contributed by atoms with Gasteiger partial charge in [0.15, 0.2) is 0 Å². The molecule has 1 fully saturated rings. The number of amides is 2. The van der Waals surface area contributed by atoms with E-state index in [1.54, 1.807) is 0 Å². The monoisotopic (exact) mass is 478 g/mol. The van der Waals surface area contributed by atoms with Crippen LogP contribution in [0.4, 0.5) is 4.79 Å². The molecule has 0 bridgehead atoms. The first-order valence-electron chi connectivity index (χ1n) is 12.6. The topological polar surface area (TPSA) is 105 Å². The predicted molar refractivity (Wildman–Crippen MR) is 133 cm³/mol. The number of benzene rings is 2. The first-order valence-corrected chi connectivity index (χ1v) is 12.6. The van der Waals surface area contributed by atoms with Crippen molar-refractivity contribution < 1.29 is 24.2 Å². The molecule has 7 heteroatoms. The summed E-state index contributed by atoms with van der Waals surface area (Å²) in [5.41, 5.74) is 4.60. The lowest BCUT2D eigenvalue weighted by molar-refractivity contribution is -0.142. The molecular formula is C28H34N2O5. The number of nitrogens with one attached hydrogen (secondary N) is 2. The molecule has 2 aliphatic rings. The molecule has 35 heavy (non-hydrogen) atoms. The molecule has 2 aromatic rings. The molecule has 0 heterocycles. The van der Waals surface area contributed by atoms with Crippen LogP contribution in [0.25, 0.3) is 11.1 Å². The van der Waals surface area contributed by atoms with Gasteiger partial charge in [-0.25, -0.2) is 4.79 Å². The lowest BCUT2D eigenvalue weighted by Gasteiger charge is -2.26. The van der Waals surface area contributed by atoms with Crippen molar-refractivity contribution in [2.45, 2.75) is 57.4 Å². The Morgan fingerprint density at radius 2 is 1.57 bits per heavy atom. The van der Waals surface area contributed by atoms with Crippen LogP contribution in [0.1, 0.15) is 62.5 Å². The second-order valence-corrected chi connectivity index (χ2v) is 9.71. The van der Waals surface area contributed by atoms with Crippen molar-refractivity contribution in [2.75, 3.05) is 13.2 Å². The van der Waals surface area contributed by atoms with Gasteiger partial charge in [0.2, 0.25) is 5.91 Å². The molecular weight excluding hydrogens is 444 g/mol. The van der Waals surface area contributed by atoms with Crippen LogP contribution < -0.4 is 10.6 Å². The van der Waals surface area contributed by atoms with Crippen LogP contribution in [-0.2, 0) is 14.3 Å². The quantitative estimate of drug-likeness (QED) is 0.485. The third-order valence-corrected chi connectivity index (χ3v) is 7.28. The first kappa shape index (κ1) is 24.8. The summed E-state index contributed by atoms with van der Waals surface area (Å²) in [6.45, 7) is 1.76. The Labute approximate surface area is 206 Å². The fraction of sp³-hybridized carbons (Fsp3) is 0.464. The molecule has 3 N–H and O–H groups in total. The number of carboxylic acids is 1. The van der Waals surface area contributed by atoms with E-state index in [4.69, 9.17) is 9.84 Å². The highest BCUT2D eigenvalue weighted by Crippen LogP contribution is 2.44. The van der Waals surface area contributed by atoms with E-state index < -0.39 is 24.0 Å². The molecule has 2 aromatic carbocycles. The van der Waals surface area contributed by atoms with Gasteiger partial charge in [-0.05, 0) is 41.5 Å². The minimum Gasteiger partial charge on any atom is -0.480 e. The number of rotatable bonds is 9. The van der Waals surface area contributed by atoms with E-state index in [-0.39, 0.29) is 25.0 Å². The molecule has 1 saturated carbocycles. The summed E-state index contributed by atoms with van der Waals surface area (Å²) < 4.78 is 5.60. The molecule has 7 nitrogen and oxygen atoms in total. The van der Waals surface area contributed by atoms with E-state index >= 15 is 0 Å². The van der Waals surface area contributed by atoms with Gasteiger partial charge in [-0.3, -0.25) is 9.59 Å².